The number of benzene rings is 1. The van der Waals surface area contributed by atoms with E-state index in [1.54, 1.807) is 11.3 Å². The van der Waals surface area contributed by atoms with E-state index in [-0.39, 0.29) is 0 Å². The minimum Gasteiger partial charge on any atom is -0.308 e. The van der Waals surface area contributed by atoms with Gasteiger partial charge in [-0.3, -0.25) is 4.98 Å². The normalized spacial score (nSPS) is 11.0. The molecule has 0 spiro atoms. The highest BCUT2D eigenvalue weighted by molar-refractivity contribution is 9.10. The fourth-order valence-electron chi connectivity index (χ4n) is 2.09. The molecule has 19 heavy (non-hydrogen) atoms. The molecule has 0 aliphatic heterocycles. The second-order valence-electron chi connectivity index (χ2n) is 4.35. The van der Waals surface area contributed by atoms with Crippen molar-refractivity contribution in [1.29, 1.82) is 0 Å². The standard InChI is InChI=1S/C15H13BrN2S/c16-13-5-14(19-10-13)9-18-8-12-7-17-6-11-3-1-2-4-15(11)12/h1-7,10,18H,8-9H2. The van der Waals surface area contributed by atoms with E-state index >= 15 is 0 Å². The fourth-order valence-corrected chi connectivity index (χ4v) is 3.51. The molecule has 3 rings (SSSR count). The Morgan fingerprint density at radius 1 is 1.16 bits per heavy atom. The van der Waals surface area contributed by atoms with Gasteiger partial charge in [-0.05, 0) is 32.9 Å². The van der Waals surface area contributed by atoms with E-state index in [0.29, 0.717) is 0 Å². The average Bonchev–Trinajstić information content (AvgIpc) is 2.85. The third-order valence-electron chi connectivity index (χ3n) is 2.99. The number of aromatic nitrogens is 1. The number of hydrogen-bond acceptors (Lipinski definition) is 3. The number of rotatable bonds is 4. The number of hydrogen-bond donors (Lipinski definition) is 1. The summed E-state index contributed by atoms with van der Waals surface area (Å²) in [5, 5.41) is 8.05. The summed E-state index contributed by atoms with van der Waals surface area (Å²) in [6.45, 7) is 1.73. The van der Waals surface area contributed by atoms with Crippen LogP contribution < -0.4 is 5.32 Å². The highest BCUT2D eigenvalue weighted by Crippen LogP contribution is 2.20. The second kappa shape index (κ2) is 5.82. The number of nitrogens with zero attached hydrogens (tertiary/aromatic N) is 1. The van der Waals surface area contributed by atoms with Gasteiger partial charge in [0.1, 0.15) is 0 Å². The van der Waals surface area contributed by atoms with E-state index in [9.17, 15) is 0 Å². The van der Waals surface area contributed by atoms with Gasteiger partial charge in [0.2, 0.25) is 0 Å². The molecule has 4 heteroatoms. The van der Waals surface area contributed by atoms with Crippen molar-refractivity contribution >= 4 is 38.0 Å². The lowest BCUT2D eigenvalue weighted by atomic mass is 10.1. The number of thiophene rings is 1. The molecule has 0 aliphatic carbocycles. The van der Waals surface area contributed by atoms with E-state index in [0.717, 1.165) is 17.6 Å². The molecule has 1 aromatic carbocycles. The van der Waals surface area contributed by atoms with Gasteiger partial charge in [-0.25, -0.2) is 0 Å². The zero-order chi connectivity index (χ0) is 13.1. The van der Waals surface area contributed by atoms with E-state index in [4.69, 9.17) is 0 Å². The highest BCUT2D eigenvalue weighted by Gasteiger charge is 2.01. The molecule has 96 valence electrons. The van der Waals surface area contributed by atoms with Crippen LogP contribution in [0.15, 0.2) is 52.6 Å². The minimum atomic E-state index is 0.837. The van der Waals surface area contributed by atoms with Crippen molar-refractivity contribution in [2.45, 2.75) is 13.1 Å². The first-order chi connectivity index (χ1) is 9.33. The third kappa shape index (κ3) is 3.03. The Kier molecular flexibility index (Phi) is 3.92. The number of fused-ring (bicyclic) bond motifs is 1. The van der Waals surface area contributed by atoms with E-state index in [1.807, 2.05) is 18.5 Å². The molecule has 0 unspecified atom stereocenters. The summed E-state index contributed by atoms with van der Waals surface area (Å²) in [6.07, 6.45) is 3.86. The second-order valence-corrected chi connectivity index (χ2v) is 6.27. The Balaban J connectivity index is 1.71. The zero-order valence-electron chi connectivity index (χ0n) is 10.3. The van der Waals surface area contributed by atoms with Crippen LogP contribution in [-0.4, -0.2) is 4.98 Å². The molecule has 0 fully saturated rings. The van der Waals surface area contributed by atoms with Crippen molar-refractivity contribution in [3.8, 4) is 0 Å². The van der Waals surface area contributed by atoms with Gasteiger partial charge in [0, 0.05) is 45.6 Å². The van der Waals surface area contributed by atoms with E-state index in [1.165, 1.54) is 21.2 Å². The Hall–Kier alpha value is -1.23. The summed E-state index contributed by atoms with van der Waals surface area (Å²) in [7, 11) is 0. The van der Waals surface area contributed by atoms with Crippen LogP contribution in [0.3, 0.4) is 0 Å². The number of pyridine rings is 1. The van der Waals surface area contributed by atoms with Gasteiger partial charge in [0.15, 0.2) is 0 Å². The van der Waals surface area contributed by atoms with Gasteiger partial charge >= 0.3 is 0 Å². The average molecular weight is 333 g/mol. The van der Waals surface area contributed by atoms with Gasteiger partial charge in [0.25, 0.3) is 0 Å². The highest BCUT2D eigenvalue weighted by atomic mass is 79.9. The molecule has 1 N–H and O–H groups in total. The van der Waals surface area contributed by atoms with Crippen LogP contribution in [0, 0.1) is 0 Å². The first-order valence-corrected chi connectivity index (χ1v) is 7.75. The van der Waals surface area contributed by atoms with Crippen LogP contribution in [0.5, 0.6) is 0 Å². The van der Waals surface area contributed by atoms with Crippen LogP contribution in [0.2, 0.25) is 0 Å². The Morgan fingerprint density at radius 2 is 2.05 bits per heavy atom. The summed E-state index contributed by atoms with van der Waals surface area (Å²) in [6, 6.07) is 10.5. The Morgan fingerprint density at radius 3 is 2.89 bits per heavy atom. The number of halogens is 1. The maximum absolute atomic E-state index is 4.30. The molecule has 0 radical (unpaired) electrons. The first kappa shape index (κ1) is 12.8. The van der Waals surface area contributed by atoms with Gasteiger partial charge in [-0.1, -0.05) is 24.3 Å². The molecular weight excluding hydrogens is 320 g/mol. The molecule has 0 saturated heterocycles. The molecule has 2 aromatic heterocycles. The molecular formula is C15H13BrN2S. The molecule has 0 amide bonds. The molecule has 0 atom stereocenters. The predicted molar refractivity (Wildman–Crippen MR) is 84.3 cm³/mol. The Labute approximate surface area is 124 Å². The zero-order valence-corrected chi connectivity index (χ0v) is 12.7. The van der Waals surface area contributed by atoms with Crippen molar-refractivity contribution in [2.75, 3.05) is 0 Å². The maximum Gasteiger partial charge on any atom is 0.0346 e. The van der Waals surface area contributed by atoms with Gasteiger partial charge in [-0.15, -0.1) is 11.3 Å². The van der Waals surface area contributed by atoms with E-state index in [2.05, 4.69) is 55.9 Å². The topological polar surface area (TPSA) is 24.9 Å². The fraction of sp³-hybridized carbons (Fsp3) is 0.133. The summed E-state index contributed by atoms with van der Waals surface area (Å²) in [5.41, 5.74) is 1.24. The Bertz CT molecular complexity index is 688. The summed E-state index contributed by atoms with van der Waals surface area (Å²) in [4.78, 5) is 5.63. The lowest BCUT2D eigenvalue weighted by Crippen LogP contribution is -2.12. The van der Waals surface area contributed by atoms with Crippen LogP contribution >= 0.6 is 27.3 Å². The van der Waals surface area contributed by atoms with Crippen molar-refractivity contribution in [3.63, 3.8) is 0 Å². The summed E-state index contributed by atoms with van der Waals surface area (Å²) < 4.78 is 1.15. The molecule has 2 heterocycles. The molecule has 3 aromatic rings. The first-order valence-electron chi connectivity index (χ1n) is 6.08. The molecule has 2 nitrogen and oxygen atoms in total. The van der Waals surface area contributed by atoms with Crippen LogP contribution in [0.25, 0.3) is 10.8 Å². The van der Waals surface area contributed by atoms with Crippen LogP contribution in [0.1, 0.15) is 10.4 Å². The molecule has 0 saturated carbocycles. The third-order valence-corrected chi connectivity index (χ3v) is 4.68. The lowest BCUT2D eigenvalue weighted by molar-refractivity contribution is 0.702. The quantitative estimate of drug-likeness (QED) is 0.768. The van der Waals surface area contributed by atoms with Crippen molar-refractivity contribution in [2.24, 2.45) is 0 Å². The van der Waals surface area contributed by atoms with Crippen LogP contribution in [-0.2, 0) is 13.1 Å². The van der Waals surface area contributed by atoms with Gasteiger partial charge < -0.3 is 5.32 Å². The monoisotopic (exact) mass is 332 g/mol. The van der Waals surface area contributed by atoms with Crippen molar-refractivity contribution in [1.82, 2.24) is 10.3 Å². The minimum absolute atomic E-state index is 0.837. The summed E-state index contributed by atoms with van der Waals surface area (Å²) in [5.74, 6) is 0. The van der Waals surface area contributed by atoms with Gasteiger partial charge in [0.05, 0.1) is 0 Å². The van der Waals surface area contributed by atoms with Crippen molar-refractivity contribution in [3.05, 3.63) is 63.0 Å². The predicted octanol–water partition coefficient (Wildman–Crippen LogP) is 4.35. The van der Waals surface area contributed by atoms with Crippen molar-refractivity contribution < 1.29 is 0 Å². The van der Waals surface area contributed by atoms with Gasteiger partial charge in [-0.2, -0.15) is 0 Å². The molecule has 0 bridgehead atoms. The lowest BCUT2D eigenvalue weighted by Gasteiger charge is -2.06. The largest absolute Gasteiger partial charge is 0.308 e. The molecule has 0 aliphatic rings. The summed E-state index contributed by atoms with van der Waals surface area (Å²) >= 11 is 5.24. The smallest absolute Gasteiger partial charge is 0.0346 e. The maximum atomic E-state index is 4.30. The number of nitrogens with one attached hydrogen (secondary N) is 1. The van der Waals surface area contributed by atoms with Crippen LogP contribution in [0.4, 0.5) is 0 Å². The SMILES string of the molecule is Brc1csc(CNCc2cncc3ccccc23)c1. The van der Waals surface area contributed by atoms with E-state index < -0.39 is 0 Å².